The van der Waals surface area contributed by atoms with Gasteiger partial charge in [0.15, 0.2) is 5.75 Å². The molecule has 0 atom stereocenters. The van der Waals surface area contributed by atoms with Gasteiger partial charge in [-0.2, -0.15) is 8.78 Å². The average Bonchev–Trinajstić information content (AvgIpc) is 2.46. The quantitative estimate of drug-likeness (QED) is 0.216. The van der Waals surface area contributed by atoms with E-state index in [1.165, 1.54) is 0 Å². The summed E-state index contributed by atoms with van der Waals surface area (Å²) in [4.78, 5) is 0. The first-order chi connectivity index (χ1) is 9.77. The summed E-state index contributed by atoms with van der Waals surface area (Å²) in [7, 11) is 0.608. The van der Waals surface area contributed by atoms with E-state index in [-0.39, 0.29) is 31.0 Å². The van der Waals surface area contributed by atoms with Crippen LogP contribution in [0, 0.1) is 29.1 Å². The number of hydrogen-bond donors (Lipinski definition) is 2. The molecule has 122 valence electrons. The summed E-state index contributed by atoms with van der Waals surface area (Å²) in [5.41, 5.74) is 0. The molecule has 0 heterocycles. The topological polar surface area (TPSA) is 68.2 Å². The second kappa shape index (κ2) is 12.1. The zero-order valence-corrected chi connectivity index (χ0v) is 14.0. The van der Waals surface area contributed by atoms with Gasteiger partial charge in [0.2, 0.25) is 29.1 Å². The summed E-state index contributed by atoms with van der Waals surface area (Å²) in [5, 5.41) is 16.3. The fourth-order valence-electron chi connectivity index (χ4n) is 0.960. The van der Waals surface area contributed by atoms with Crippen molar-refractivity contribution in [1.29, 1.82) is 0 Å². The predicted octanol–water partition coefficient (Wildman–Crippen LogP) is -1.87. The van der Waals surface area contributed by atoms with Gasteiger partial charge in [0.05, 0.1) is 13.2 Å². The first kappa shape index (κ1) is 23.8. The standard InChI is InChI=1S/C6H2BF5O3.C4H10O2.Na.H/c8-1-2(9)4(11)6(15-7(13)14)5(12)3(1)10;1-5-3-4-6-2;;/h13-14H;3-4H2,1-2H3;;/q;;+1;-1. The molecule has 1 rings (SSSR count). The maximum absolute atomic E-state index is 12.7. The van der Waals surface area contributed by atoms with Gasteiger partial charge >= 0.3 is 36.9 Å². The van der Waals surface area contributed by atoms with E-state index < -0.39 is 42.2 Å². The van der Waals surface area contributed by atoms with Gasteiger partial charge < -0.3 is 25.6 Å². The van der Waals surface area contributed by atoms with Crippen molar-refractivity contribution in [3.63, 3.8) is 0 Å². The molecule has 0 saturated carbocycles. The SMILES string of the molecule is COCCOC.OB(O)Oc1c(F)c(F)c(F)c(F)c1F.[H-].[Na+]. The van der Waals surface area contributed by atoms with Gasteiger partial charge in [-0.05, 0) is 0 Å². The summed E-state index contributed by atoms with van der Waals surface area (Å²) < 4.78 is 75.6. The Labute approximate surface area is 146 Å². The molecule has 22 heavy (non-hydrogen) atoms. The van der Waals surface area contributed by atoms with Crippen LogP contribution in [0.4, 0.5) is 22.0 Å². The van der Waals surface area contributed by atoms with Crippen molar-refractivity contribution in [2.45, 2.75) is 0 Å². The number of ether oxygens (including phenoxy) is 2. The Morgan fingerprint density at radius 1 is 0.818 bits per heavy atom. The van der Waals surface area contributed by atoms with Crippen LogP contribution in [0.1, 0.15) is 1.43 Å². The minimum absolute atomic E-state index is 0. The fourth-order valence-corrected chi connectivity index (χ4v) is 0.960. The monoisotopic (exact) mass is 342 g/mol. The summed E-state index contributed by atoms with van der Waals surface area (Å²) in [6, 6.07) is 0. The van der Waals surface area contributed by atoms with Gasteiger partial charge in [-0.15, -0.1) is 0 Å². The minimum atomic E-state index is -2.70. The van der Waals surface area contributed by atoms with Crippen LogP contribution in [0.5, 0.6) is 5.75 Å². The van der Waals surface area contributed by atoms with Crippen LogP contribution in [-0.4, -0.2) is 44.8 Å². The van der Waals surface area contributed by atoms with Crippen LogP contribution < -0.4 is 34.2 Å². The van der Waals surface area contributed by atoms with Crippen molar-refractivity contribution in [2.24, 2.45) is 0 Å². The molecule has 0 spiro atoms. The fraction of sp³-hybridized carbons (Fsp3) is 0.400. The van der Waals surface area contributed by atoms with Crippen LogP contribution in [0.15, 0.2) is 0 Å². The van der Waals surface area contributed by atoms with Crippen LogP contribution in [0.25, 0.3) is 0 Å². The Kier molecular flexibility index (Phi) is 13.1. The maximum Gasteiger partial charge on any atom is 1.00 e. The number of hydrogen-bond acceptors (Lipinski definition) is 5. The molecule has 5 nitrogen and oxygen atoms in total. The molecule has 0 bridgehead atoms. The molecular weight excluding hydrogens is 329 g/mol. The van der Waals surface area contributed by atoms with Crippen molar-refractivity contribution in [2.75, 3.05) is 27.4 Å². The van der Waals surface area contributed by atoms with E-state index in [0.717, 1.165) is 0 Å². The predicted molar refractivity (Wildman–Crippen MR) is 61.9 cm³/mol. The summed E-state index contributed by atoms with van der Waals surface area (Å²) in [5.74, 6) is -13.1. The average molecular weight is 342 g/mol. The minimum Gasteiger partial charge on any atom is -1.00 e. The third-order valence-corrected chi connectivity index (χ3v) is 1.88. The molecule has 0 aliphatic carbocycles. The largest absolute Gasteiger partial charge is 1.00 e. The van der Waals surface area contributed by atoms with Crippen molar-refractivity contribution in [3.05, 3.63) is 29.1 Å². The molecule has 2 N–H and O–H groups in total. The Bertz CT molecular complexity index is 439. The van der Waals surface area contributed by atoms with E-state index in [2.05, 4.69) is 14.1 Å². The Hall–Kier alpha value is -0.425. The Morgan fingerprint density at radius 3 is 1.41 bits per heavy atom. The van der Waals surface area contributed by atoms with E-state index in [1.54, 1.807) is 14.2 Å². The smallest absolute Gasteiger partial charge is 1.00 e. The van der Waals surface area contributed by atoms with E-state index in [4.69, 9.17) is 10.0 Å². The molecule has 1 aromatic rings. The van der Waals surface area contributed by atoms with Crippen molar-refractivity contribution in [1.82, 2.24) is 0 Å². The number of methoxy groups -OCH3 is 2. The van der Waals surface area contributed by atoms with Crippen molar-refractivity contribution >= 4 is 7.32 Å². The Morgan fingerprint density at radius 2 is 1.14 bits per heavy atom. The van der Waals surface area contributed by atoms with E-state index in [1.807, 2.05) is 0 Å². The van der Waals surface area contributed by atoms with Gasteiger partial charge in [0, 0.05) is 14.2 Å². The zero-order chi connectivity index (χ0) is 16.6. The van der Waals surface area contributed by atoms with Crippen LogP contribution in [-0.2, 0) is 9.47 Å². The molecular formula is C10H13BF5NaO5. The van der Waals surface area contributed by atoms with Gasteiger partial charge in [-0.3, -0.25) is 0 Å². The molecule has 0 aliphatic rings. The van der Waals surface area contributed by atoms with Gasteiger partial charge in [0.1, 0.15) is 0 Å². The van der Waals surface area contributed by atoms with Gasteiger partial charge in [-0.1, -0.05) is 0 Å². The second-order valence-electron chi connectivity index (χ2n) is 3.33. The third-order valence-electron chi connectivity index (χ3n) is 1.88. The zero-order valence-electron chi connectivity index (χ0n) is 13.0. The summed E-state index contributed by atoms with van der Waals surface area (Å²) in [6.07, 6.45) is 0. The molecule has 12 heteroatoms. The van der Waals surface area contributed by atoms with Gasteiger partial charge in [-0.25, -0.2) is 13.2 Å². The number of benzene rings is 1. The molecule has 0 saturated heterocycles. The van der Waals surface area contributed by atoms with Crippen LogP contribution in [0.3, 0.4) is 0 Å². The van der Waals surface area contributed by atoms with E-state index in [0.29, 0.717) is 13.2 Å². The van der Waals surface area contributed by atoms with Crippen LogP contribution >= 0.6 is 0 Å². The third kappa shape index (κ3) is 7.22. The van der Waals surface area contributed by atoms with Crippen molar-refractivity contribution < 1.29 is 77.1 Å². The molecule has 0 unspecified atom stereocenters. The first-order valence-corrected chi connectivity index (χ1v) is 5.29. The summed E-state index contributed by atoms with van der Waals surface area (Å²) in [6.45, 7) is 1.38. The maximum atomic E-state index is 12.7. The van der Waals surface area contributed by atoms with E-state index in [9.17, 15) is 22.0 Å². The molecule has 0 aromatic heterocycles. The number of rotatable bonds is 5. The molecule has 0 radical (unpaired) electrons. The summed E-state index contributed by atoms with van der Waals surface area (Å²) >= 11 is 0. The normalized spacial score (nSPS) is 9.50. The van der Waals surface area contributed by atoms with Gasteiger partial charge in [0.25, 0.3) is 0 Å². The molecule has 1 aromatic carbocycles. The van der Waals surface area contributed by atoms with E-state index >= 15 is 0 Å². The second-order valence-corrected chi connectivity index (χ2v) is 3.33. The Balaban J connectivity index is -0.000000434. The van der Waals surface area contributed by atoms with Crippen LogP contribution in [0.2, 0.25) is 0 Å². The molecule has 0 fully saturated rings. The molecule has 0 aliphatic heterocycles. The number of halogens is 5. The molecule has 0 amide bonds. The first-order valence-electron chi connectivity index (χ1n) is 5.29. The van der Waals surface area contributed by atoms with Crippen molar-refractivity contribution in [3.8, 4) is 5.75 Å².